The third-order valence-electron chi connectivity index (χ3n) is 3.85. The van der Waals surface area contributed by atoms with Crippen LogP contribution in [0, 0.1) is 16.2 Å². The lowest BCUT2D eigenvalue weighted by molar-refractivity contribution is 0.303. The van der Waals surface area contributed by atoms with Gasteiger partial charge in [0.15, 0.2) is 0 Å². The third kappa shape index (κ3) is 1.28. The maximum Gasteiger partial charge on any atom is 0.0319 e. The van der Waals surface area contributed by atoms with Crippen molar-refractivity contribution >= 4 is 0 Å². The van der Waals surface area contributed by atoms with Crippen LogP contribution < -0.4 is 0 Å². The zero-order valence-corrected chi connectivity index (χ0v) is 9.07. The summed E-state index contributed by atoms with van der Waals surface area (Å²) in [5, 5.41) is 7.00. The fourth-order valence-corrected chi connectivity index (χ4v) is 3.54. The van der Waals surface area contributed by atoms with Crippen LogP contribution in [-0.2, 0) is 0 Å². The largest absolute Gasteiger partial charge is 0.400 e. The number of hydrogen-bond acceptors (Lipinski definition) is 1. The predicted molar refractivity (Wildman–Crippen MR) is 52.0 cm³/mol. The van der Waals surface area contributed by atoms with Crippen LogP contribution in [0.2, 0.25) is 0 Å². The van der Waals surface area contributed by atoms with Gasteiger partial charge in [0.05, 0.1) is 0 Å². The van der Waals surface area contributed by atoms with E-state index in [-0.39, 0.29) is 0 Å². The Morgan fingerprint density at radius 3 is 1.25 bits per heavy atom. The summed E-state index contributed by atoms with van der Waals surface area (Å²) in [4.78, 5) is 0. The molecule has 0 saturated heterocycles. The Kier molecular flexibility index (Phi) is 2.07. The van der Waals surface area contributed by atoms with E-state index >= 15 is 0 Å². The minimum atomic E-state index is 0.641. The van der Waals surface area contributed by atoms with Crippen molar-refractivity contribution in [2.24, 2.45) is 16.2 Å². The van der Waals surface area contributed by atoms with E-state index in [9.17, 15) is 0 Å². The summed E-state index contributed by atoms with van der Waals surface area (Å²) in [6, 6.07) is 0. The average molecular weight is 170 g/mol. The monoisotopic (exact) mass is 170 g/mol. The van der Waals surface area contributed by atoms with Gasteiger partial charge < -0.3 is 5.11 Å². The first-order chi connectivity index (χ1) is 5.37. The number of rotatable bonds is 0. The van der Waals surface area contributed by atoms with Crippen LogP contribution in [0.15, 0.2) is 0 Å². The van der Waals surface area contributed by atoms with Gasteiger partial charge in [0.1, 0.15) is 0 Å². The van der Waals surface area contributed by atoms with Crippen LogP contribution in [-0.4, -0.2) is 12.2 Å². The van der Waals surface area contributed by atoms with Crippen LogP contribution in [0.5, 0.6) is 0 Å². The molecule has 1 heteroatoms. The molecule has 2 aliphatic carbocycles. The van der Waals surface area contributed by atoms with E-state index in [1.807, 2.05) is 0 Å². The second-order valence-electron chi connectivity index (χ2n) is 5.82. The lowest BCUT2D eigenvalue weighted by atomic mass is 9.85. The van der Waals surface area contributed by atoms with Crippen molar-refractivity contribution in [1.29, 1.82) is 0 Å². The van der Waals surface area contributed by atoms with Crippen molar-refractivity contribution in [2.75, 3.05) is 7.11 Å². The predicted octanol–water partition coefficient (Wildman–Crippen LogP) is 2.83. The summed E-state index contributed by atoms with van der Waals surface area (Å²) < 4.78 is 0. The highest BCUT2D eigenvalue weighted by Crippen LogP contribution is 2.77. The Bertz CT molecular complexity index is 167. The minimum absolute atomic E-state index is 0.641. The summed E-state index contributed by atoms with van der Waals surface area (Å²) in [6.07, 6.45) is 4.40. The molecule has 2 aliphatic rings. The highest BCUT2D eigenvalue weighted by Gasteiger charge is 2.67. The highest BCUT2D eigenvalue weighted by molar-refractivity contribution is 5.17. The van der Waals surface area contributed by atoms with Crippen LogP contribution in [0.25, 0.3) is 0 Å². The Labute approximate surface area is 76.2 Å². The molecule has 1 nitrogen and oxygen atoms in total. The Morgan fingerprint density at radius 1 is 0.750 bits per heavy atom. The lowest BCUT2D eigenvalue weighted by Gasteiger charge is -2.21. The first-order valence-corrected chi connectivity index (χ1v) is 4.82. The molecular formula is C11H22O. The quantitative estimate of drug-likeness (QED) is 0.592. The van der Waals surface area contributed by atoms with Crippen molar-refractivity contribution in [3.8, 4) is 0 Å². The van der Waals surface area contributed by atoms with Gasteiger partial charge in [0.25, 0.3) is 0 Å². The molecule has 0 heterocycles. The summed E-state index contributed by atoms with van der Waals surface area (Å²) in [6.45, 7) is 9.74. The molecule has 0 aromatic rings. The maximum absolute atomic E-state index is 7.00. The van der Waals surface area contributed by atoms with E-state index in [2.05, 4.69) is 27.7 Å². The molecule has 2 rings (SSSR count). The molecule has 0 aromatic carbocycles. The summed E-state index contributed by atoms with van der Waals surface area (Å²) in [7, 11) is 1.00. The van der Waals surface area contributed by atoms with Crippen molar-refractivity contribution in [3.63, 3.8) is 0 Å². The topological polar surface area (TPSA) is 20.2 Å². The fourth-order valence-electron chi connectivity index (χ4n) is 3.54. The van der Waals surface area contributed by atoms with E-state index in [4.69, 9.17) is 5.11 Å². The van der Waals surface area contributed by atoms with Gasteiger partial charge in [0.2, 0.25) is 0 Å². The van der Waals surface area contributed by atoms with Gasteiger partial charge in [-0.3, -0.25) is 0 Å². The number of aliphatic hydroxyl groups excluding tert-OH is 1. The van der Waals surface area contributed by atoms with Crippen LogP contribution in [0.4, 0.5) is 0 Å². The molecule has 0 aromatic heterocycles. The van der Waals surface area contributed by atoms with Gasteiger partial charge in [-0.25, -0.2) is 0 Å². The highest BCUT2D eigenvalue weighted by atomic mass is 16.2. The second kappa shape index (κ2) is 2.47. The third-order valence-corrected chi connectivity index (χ3v) is 3.85. The molecular weight excluding hydrogens is 148 g/mol. The Hall–Kier alpha value is -0.0400. The molecule has 2 fully saturated rings. The van der Waals surface area contributed by atoms with Crippen molar-refractivity contribution < 1.29 is 5.11 Å². The smallest absolute Gasteiger partial charge is 0.0319 e. The number of hydrogen-bond donors (Lipinski definition) is 1. The zero-order valence-electron chi connectivity index (χ0n) is 9.07. The Morgan fingerprint density at radius 2 is 1.08 bits per heavy atom. The van der Waals surface area contributed by atoms with Gasteiger partial charge in [-0.2, -0.15) is 0 Å². The van der Waals surface area contributed by atoms with Gasteiger partial charge in [0, 0.05) is 7.11 Å². The fraction of sp³-hybridized carbons (Fsp3) is 1.00. The molecule has 0 radical (unpaired) electrons. The van der Waals surface area contributed by atoms with E-state index in [0.29, 0.717) is 5.41 Å². The van der Waals surface area contributed by atoms with E-state index in [1.165, 1.54) is 19.3 Å². The summed E-state index contributed by atoms with van der Waals surface area (Å²) >= 11 is 0. The van der Waals surface area contributed by atoms with Crippen LogP contribution in [0.3, 0.4) is 0 Å². The second-order valence-corrected chi connectivity index (χ2v) is 5.82. The molecule has 0 spiro atoms. The summed E-state index contributed by atoms with van der Waals surface area (Å²) in [5.74, 6) is 0. The van der Waals surface area contributed by atoms with Gasteiger partial charge in [-0.05, 0) is 35.5 Å². The first-order valence-electron chi connectivity index (χ1n) is 4.82. The van der Waals surface area contributed by atoms with Gasteiger partial charge in [-0.15, -0.1) is 0 Å². The van der Waals surface area contributed by atoms with Crippen molar-refractivity contribution in [2.45, 2.75) is 47.0 Å². The molecule has 0 amide bonds. The molecule has 72 valence electrons. The van der Waals surface area contributed by atoms with Crippen LogP contribution in [0.1, 0.15) is 47.0 Å². The molecule has 0 bridgehead atoms. The normalized spacial score (nSPS) is 47.5. The molecule has 2 saturated carbocycles. The molecule has 12 heavy (non-hydrogen) atoms. The van der Waals surface area contributed by atoms with Gasteiger partial charge in [-0.1, -0.05) is 27.7 Å². The number of fused-ring (bicyclic) bond motifs is 1. The minimum Gasteiger partial charge on any atom is -0.400 e. The SMILES string of the molecule is CC1(C)CC2(C)CC2(C)C1.CO. The molecule has 1 N–H and O–H groups in total. The number of aliphatic hydroxyl groups is 1. The van der Waals surface area contributed by atoms with Gasteiger partial charge >= 0.3 is 0 Å². The molecule has 2 atom stereocenters. The van der Waals surface area contributed by atoms with Crippen molar-refractivity contribution in [1.82, 2.24) is 0 Å². The zero-order chi connectivity index (χ0) is 9.62. The van der Waals surface area contributed by atoms with Crippen molar-refractivity contribution in [3.05, 3.63) is 0 Å². The lowest BCUT2D eigenvalue weighted by Crippen LogP contribution is -2.09. The first kappa shape index (κ1) is 10.0. The van der Waals surface area contributed by atoms with Crippen LogP contribution >= 0.6 is 0 Å². The molecule has 2 unspecified atom stereocenters. The van der Waals surface area contributed by atoms with E-state index < -0.39 is 0 Å². The maximum atomic E-state index is 7.00. The van der Waals surface area contributed by atoms with E-state index in [1.54, 1.807) is 0 Å². The van der Waals surface area contributed by atoms with E-state index in [0.717, 1.165) is 17.9 Å². The summed E-state index contributed by atoms with van der Waals surface area (Å²) in [5.41, 5.74) is 2.11. The Balaban J connectivity index is 0.000000336. The molecule has 0 aliphatic heterocycles. The average Bonchev–Trinajstić information content (AvgIpc) is 2.26. The standard InChI is InChI=1S/C10H18.CH4O/c1-8(2)5-9(3)7-10(9,4)6-8;1-2/h5-7H2,1-4H3;2H,1H3.